The molecule has 0 fully saturated rings. The molecule has 1 N–H and O–H groups in total. The van der Waals surface area contributed by atoms with Crippen LogP contribution in [0.4, 0.5) is 5.69 Å². The van der Waals surface area contributed by atoms with Gasteiger partial charge in [0.2, 0.25) is 0 Å². The van der Waals surface area contributed by atoms with E-state index in [1.165, 1.54) is 17.3 Å². The maximum atomic E-state index is 12.0. The minimum Gasteiger partial charge on any atom is -0.455 e. The van der Waals surface area contributed by atoms with E-state index in [0.717, 1.165) is 22.1 Å². The monoisotopic (exact) mass is 379 g/mol. The van der Waals surface area contributed by atoms with Gasteiger partial charge in [-0.2, -0.15) is 0 Å². The number of fused-ring (bicyclic) bond motifs is 1. The molecule has 0 heterocycles. The van der Waals surface area contributed by atoms with E-state index in [2.05, 4.69) is 5.32 Å². The molecule has 0 aromatic heterocycles. The molecule has 0 spiro atoms. The first-order chi connectivity index (χ1) is 13.1. The average molecular weight is 379 g/mol. The van der Waals surface area contributed by atoms with Gasteiger partial charge in [0, 0.05) is 11.4 Å². The number of aryl methyl sites for hydroxylation is 1. The van der Waals surface area contributed by atoms with E-state index in [0.29, 0.717) is 5.69 Å². The van der Waals surface area contributed by atoms with Gasteiger partial charge < -0.3 is 10.1 Å². The average Bonchev–Trinajstić information content (AvgIpc) is 2.68. The summed E-state index contributed by atoms with van der Waals surface area (Å²) in [6.45, 7) is 1.76. The maximum Gasteiger partial charge on any atom is 0.316 e. The van der Waals surface area contributed by atoms with Gasteiger partial charge in [-0.1, -0.05) is 60.2 Å². The Morgan fingerprint density at radius 3 is 2.48 bits per heavy atom. The second-order valence-electron chi connectivity index (χ2n) is 6.25. The molecule has 3 aromatic carbocycles. The van der Waals surface area contributed by atoms with E-state index in [4.69, 9.17) is 4.74 Å². The van der Waals surface area contributed by atoms with Crippen molar-refractivity contribution in [1.82, 2.24) is 0 Å². The summed E-state index contributed by atoms with van der Waals surface area (Å²) in [6, 6.07) is 21.8. The number of carbonyl (C=O) groups is 2. The Kier molecular flexibility index (Phi) is 6.49. The van der Waals surface area contributed by atoms with Crippen LogP contribution in [0.15, 0.2) is 66.7 Å². The van der Waals surface area contributed by atoms with Gasteiger partial charge in [-0.05, 0) is 35.4 Å². The van der Waals surface area contributed by atoms with E-state index in [1.807, 2.05) is 73.7 Å². The van der Waals surface area contributed by atoms with E-state index in [-0.39, 0.29) is 24.2 Å². The highest BCUT2D eigenvalue weighted by molar-refractivity contribution is 7.99. The lowest BCUT2D eigenvalue weighted by atomic mass is 10.1. The van der Waals surface area contributed by atoms with Crippen LogP contribution in [0.5, 0.6) is 0 Å². The van der Waals surface area contributed by atoms with Crippen LogP contribution in [-0.4, -0.2) is 24.2 Å². The van der Waals surface area contributed by atoms with Crippen molar-refractivity contribution in [2.24, 2.45) is 0 Å². The molecule has 0 aliphatic heterocycles. The van der Waals surface area contributed by atoms with Crippen molar-refractivity contribution >= 4 is 40.1 Å². The summed E-state index contributed by atoms with van der Waals surface area (Å²) in [5, 5.41) is 4.90. The molecule has 0 aliphatic carbocycles. The van der Waals surface area contributed by atoms with Crippen molar-refractivity contribution in [2.75, 3.05) is 17.7 Å². The smallest absolute Gasteiger partial charge is 0.316 e. The van der Waals surface area contributed by atoms with Crippen LogP contribution in [0.3, 0.4) is 0 Å². The van der Waals surface area contributed by atoms with Crippen LogP contribution in [0.25, 0.3) is 10.8 Å². The Morgan fingerprint density at radius 2 is 1.70 bits per heavy atom. The Hall–Kier alpha value is -2.79. The van der Waals surface area contributed by atoms with Crippen molar-refractivity contribution in [1.29, 1.82) is 0 Å². The molecule has 138 valence electrons. The molecule has 0 saturated heterocycles. The van der Waals surface area contributed by atoms with Gasteiger partial charge in [-0.3, -0.25) is 9.59 Å². The number of esters is 1. The number of carbonyl (C=O) groups excluding carboxylic acids is 2. The van der Waals surface area contributed by atoms with Gasteiger partial charge in [0.25, 0.3) is 5.91 Å². The molecular weight excluding hydrogens is 358 g/mol. The number of hydrogen-bond acceptors (Lipinski definition) is 4. The minimum atomic E-state index is -0.388. The Labute approximate surface area is 162 Å². The molecule has 1 amide bonds. The highest BCUT2D eigenvalue weighted by atomic mass is 32.2. The molecule has 0 saturated carbocycles. The minimum absolute atomic E-state index is 0.219. The van der Waals surface area contributed by atoms with Crippen LogP contribution in [0.2, 0.25) is 0 Å². The van der Waals surface area contributed by atoms with E-state index in [1.54, 1.807) is 0 Å². The molecule has 0 unspecified atom stereocenters. The van der Waals surface area contributed by atoms with Gasteiger partial charge in [-0.15, -0.1) is 11.8 Å². The Morgan fingerprint density at radius 1 is 0.963 bits per heavy atom. The van der Waals surface area contributed by atoms with Crippen molar-refractivity contribution in [3.8, 4) is 0 Å². The molecule has 5 heteroatoms. The second kappa shape index (κ2) is 9.24. The Bertz CT molecular complexity index is 938. The number of nitrogens with one attached hydrogen (secondary N) is 1. The van der Waals surface area contributed by atoms with Gasteiger partial charge >= 0.3 is 5.97 Å². The third-order valence-corrected chi connectivity index (χ3v) is 4.98. The molecule has 0 atom stereocenters. The van der Waals surface area contributed by atoms with Crippen molar-refractivity contribution in [3.63, 3.8) is 0 Å². The SMILES string of the molecule is Cc1ccc(CSCC(=O)OCC(=O)Nc2ccc3ccccc3c2)cc1. The molecule has 27 heavy (non-hydrogen) atoms. The summed E-state index contributed by atoms with van der Waals surface area (Å²) in [6.07, 6.45) is 0. The topological polar surface area (TPSA) is 55.4 Å². The largest absolute Gasteiger partial charge is 0.455 e. The number of benzene rings is 3. The summed E-state index contributed by atoms with van der Waals surface area (Å²) in [7, 11) is 0. The van der Waals surface area contributed by atoms with E-state index >= 15 is 0 Å². The Balaban J connectivity index is 1.40. The number of thioether (sulfide) groups is 1. The standard InChI is InChI=1S/C22H21NO3S/c1-16-6-8-17(9-7-16)14-27-15-22(25)26-13-21(24)23-20-11-10-18-4-2-3-5-19(18)12-20/h2-12H,13-15H2,1H3,(H,23,24). The summed E-state index contributed by atoms with van der Waals surface area (Å²) in [5.74, 6) is 0.221. The fourth-order valence-electron chi connectivity index (χ4n) is 2.59. The van der Waals surface area contributed by atoms with Crippen molar-refractivity contribution < 1.29 is 14.3 Å². The maximum absolute atomic E-state index is 12.0. The molecule has 3 rings (SSSR count). The van der Waals surface area contributed by atoms with Crippen LogP contribution in [-0.2, 0) is 20.1 Å². The zero-order chi connectivity index (χ0) is 19.1. The predicted molar refractivity (Wildman–Crippen MR) is 111 cm³/mol. The lowest BCUT2D eigenvalue weighted by Gasteiger charge is -2.08. The van der Waals surface area contributed by atoms with E-state index in [9.17, 15) is 9.59 Å². The van der Waals surface area contributed by atoms with Crippen LogP contribution in [0, 0.1) is 6.92 Å². The third kappa shape index (κ3) is 5.86. The lowest BCUT2D eigenvalue weighted by Crippen LogP contribution is -2.21. The second-order valence-corrected chi connectivity index (χ2v) is 7.23. The molecule has 0 bridgehead atoms. The molecule has 4 nitrogen and oxygen atoms in total. The highest BCUT2D eigenvalue weighted by Crippen LogP contribution is 2.18. The van der Waals surface area contributed by atoms with Crippen molar-refractivity contribution in [3.05, 3.63) is 77.9 Å². The zero-order valence-corrected chi connectivity index (χ0v) is 15.9. The summed E-state index contributed by atoms with van der Waals surface area (Å²) in [4.78, 5) is 23.8. The first kappa shape index (κ1) is 19.0. The fourth-order valence-corrected chi connectivity index (χ4v) is 3.37. The highest BCUT2D eigenvalue weighted by Gasteiger charge is 2.08. The van der Waals surface area contributed by atoms with Crippen LogP contribution < -0.4 is 5.32 Å². The first-order valence-electron chi connectivity index (χ1n) is 8.68. The lowest BCUT2D eigenvalue weighted by molar-refractivity contribution is -0.144. The van der Waals surface area contributed by atoms with E-state index < -0.39 is 0 Å². The summed E-state index contributed by atoms with van der Waals surface area (Å²) >= 11 is 1.47. The number of anilines is 1. The predicted octanol–water partition coefficient (Wildman–Crippen LogP) is 4.56. The number of hydrogen-bond donors (Lipinski definition) is 1. The normalized spacial score (nSPS) is 10.6. The van der Waals surface area contributed by atoms with Gasteiger partial charge in [-0.25, -0.2) is 0 Å². The molecule has 0 radical (unpaired) electrons. The van der Waals surface area contributed by atoms with Crippen LogP contribution in [0.1, 0.15) is 11.1 Å². The fraction of sp³-hybridized carbons (Fsp3) is 0.182. The van der Waals surface area contributed by atoms with Gasteiger partial charge in [0.1, 0.15) is 0 Å². The number of amides is 1. The molecular formula is C22H21NO3S. The summed E-state index contributed by atoms with van der Waals surface area (Å²) < 4.78 is 5.05. The summed E-state index contributed by atoms with van der Waals surface area (Å²) in [5.41, 5.74) is 3.05. The number of rotatable bonds is 7. The van der Waals surface area contributed by atoms with Crippen LogP contribution >= 0.6 is 11.8 Å². The first-order valence-corrected chi connectivity index (χ1v) is 9.83. The quantitative estimate of drug-likeness (QED) is 0.611. The van der Waals surface area contributed by atoms with Gasteiger partial charge in [0.05, 0.1) is 5.75 Å². The van der Waals surface area contributed by atoms with Gasteiger partial charge in [0.15, 0.2) is 6.61 Å². The number of ether oxygens (including phenoxy) is 1. The van der Waals surface area contributed by atoms with Crippen molar-refractivity contribution in [2.45, 2.75) is 12.7 Å². The zero-order valence-electron chi connectivity index (χ0n) is 15.1. The third-order valence-electron chi connectivity index (χ3n) is 4.01. The molecule has 0 aliphatic rings. The molecule has 3 aromatic rings.